The van der Waals surface area contributed by atoms with Crippen molar-refractivity contribution >= 4 is 11.5 Å². The molecule has 0 spiro atoms. The SMILES string of the molecule is CNc1cccc(C(=O)C2CCC2)c1. The molecule has 2 heteroatoms. The van der Waals surface area contributed by atoms with Crippen LogP contribution in [0, 0.1) is 5.92 Å². The Balaban J connectivity index is 2.18. The molecular formula is C12H15NO. The van der Waals surface area contributed by atoms with Gasteiger partial charge >= 0.3 is 0 Å². The Kier molecular flexibility index (Phi) is 2.53. The first-order valence-electron chi connectivity index (χ1n) is 5.13. The first kappa shape index (κ1) is 9.25. The second kappa shape index (κ2) is 3.82. The van der Waals surface area contributed by atoms with Gasteiger partial charge in [0.1, 0.15) is 0 Å². The van der Waals surface area contributed by atoms with E-state index in [0.29, 0.717) is 11.7 Å². The van der Waals surface area contributed by atoms with Gasteiger partial charge in [0, 0.05) is 24.2 Å². The zero-order valence-corrected chi connectivity index (χ0v) is 8.42. The molecule has 1 fully saturated rings. The summed E-state index contributed by atoms with van der Waals surface area (Å²) in [5, 5.41) is 3.04. The molecule has 0 aromatic heterocycles. The summed E-state index contributed by atoms with van der Waals surface area (Å²) >= 11 is 0. The van der Waals surface area contributed by atoms with Crippen LogP contribution in [0.1, 0.15) is 29.6 Å². The zero-order chi connectivity index (χ0) is 9.97. The van der Waals surface area contributed by atoms with Crippen LogP contribution in [0.2, 0.25) is 0 Å². The third kappa shape index (κ3) is 1.65. The lowest BCUT2D eigenvalue weighted by Crippen LogP contribution is -2.21. The average Bonchev–Trinajstić information content (AvgIpc) is 2.15. The number of carbonyl (C=O) groups is 1. The van der Waals surface area contributed by atoms with Gasteiger partial charge in [0.05, 0.1) is 0 Å². The molecule has 0 atom stereocenters. The van der Waals surface area contributed by atoms with Gasteiger partial charge in [-0.3, -0.25) is 4.79 Å². The van der Waals surface area contributed by atoms with E-state index in [4.69, 9.17) is 0 Å². The fourth-order valence-electron chi connectivity index (χ4n) is 1.73. The number of carbonyl (C=O) groups excluding carboxylic acids is 1. The molecule has 1 N–H and O–H groups in total. The maximum absolute atomic E-state index is 11.9. The van der Waals surface area contributed by atoms with Crippen molar-refractivity contribution in [3.05, 3.63) is 29.8 Å². The molecule has 1 aromatic carbocycles. The number of hydrogen-bond acceptors (Lipinski definition) is 2. The minimum atomic E-state index is 0.294. The summed E-state index contributed by atoms with van der Waals surface area (Å²) in [4.78, 5) is 11.9. The predicted molar refractivity (Wildman–Crippen MR) is 57.7 cm³/mol. The van der Waals surface area contributed by atoms with Crippen molar-refractivity contribution < 1.29 is 4.79 Å². The van der Waals surface area contributed by atoms with Crippen molar-refractivity contribution in [3.8, 4) is 0 Å². The third-order valence-corrected chi connectivity index (χ3v) is 2.91. The molecule has 1 aliphatic rings. The van der Waals surface area contributed by atoms with Gasteiger partial charge < -0.3 is 5.32 Å². The largest absolute Gasteiger partial charge is 0.388 e. The number of benzene rings is 1. The van der Waals surface area contributed by atoms with Gasteiger partial charge in [-0.2, -0.15) is 0 Å². The number of ketones is 1. The van der Waals surface area contributed by atoms with Crippen molar-refractivity contribution in [1.82, 2.24) is 0 Å². The van der Waals surface area contributed by atoms with Crippen LogP contribution in [0.25, 0.3) is 0 Å². The van der Waals surface area contributed by atoms with E-state index in [1.807, 2.05) is 31.3 Å². The summed E-state index contributed by atoms with van der Waals surface area (Å²) in [6.45, 7) is 0. The molecule has 0 bridgehead atoms. The summed E-state index contributed by atoms with van der Waals surface area (Å²) < 4.78 is 0. The normalized spacial score (nSPS) is 16.1. The van der Waals surface area contributed by atoms with E-state index in [1.165, 1.54) is 6.42 Å². The summed E-state index contributed by atoms with van der Waals surface area (Å²) in [6, 6.07) is 7.73. The lowest BCUT2D eigenvalue weighted by molar-refractivity contribution is 0.0855. The summed E-state index contributed by atoms with van der Waals surface area (Å²) in [7, 11) is 1.87. The van der Waals surface area contributed by atoms with Crippen molar-refractivity contribution in [2.75, 3.05) is 12.4 Å². The predicted octanol–water partition coefficient (Wildman–Crippen LogP) is 2.71. The highest BCUT2D eigenvalue weighted by molar-refractivity contribution is 5.99. The lowest BCUT2D eigenvalue weighted by Gasteiger charge is -2.23. The van der Waals surface area contributed by atoms with E-state index in [1.54, 1.807) is 0 Å². The fourth-order valence-corrected chi connectivity index (χ4v) is 1.73. The molecule has 2 nitrogen and oxygen atoms in total. The maximum atomic E-state index is 11.9. The summed E-state index contributed by atoms with van der Waals surface area (Å²) in [5.41, 5.74) is 1.86. The van der Waals surface area contributed by atoms with Crippen LogP contribution in [0.3, 0.4) is 0 Å². The number of hydrogen-bond donors (Lipinski definition) is 1. The van der Waals surface area contributed by atoms with Gasteiger partial charge in [-0.15, -0.1) is 0 Å². The minimum Gasteiger partial charge on any atom is -0.388 e. The van der Waals surface area contributed by atoms with E-state index in [0.717, 1.165) is 24.1 Å². The van der Waals surface area contributed by atoms with E-state index in [-0.39, 0.29) is 0 Å². The molecule has 1 saturated carbocycles. The topological polar surface area (TPSA) is 29.1 Å². The van der Waals surface area contributed by atoms with Crippen molar-refractivity contribution in [2.24, 2.45) is 5.92 Å². The Labute approximate surface area is 84.3 Å². The van der Waals surface area contributed by atoms with Gasteiger partial charge in [-0.25, -0.2) is 0 Å². The second-order valence-corrected chi connectivity index (χ2v) is 3.82. The molecule has 0 saturated heterocycles. The molecule has 0 unspecified atom stereocenters. The van der Waals surface area contributed by atoms with Gasteiger partial charge in [0.2, 0.25) is 0 Å². The van der Waals surface area contributed by atoms with Crippen LogP contribution in [0.5, 0.6) is 0 Å². The van der Waals surface area contributed by atoms with Crippen LogP contribution in [0.15, 0.2) is 24.3 Å². The Morgan fingerprint density at radius 1 is 1.43 bits per heavy atom. The van der Waals surface area contributed by atoms with Crippen molar-refractivity contribution in [1.29, 1.82) is 0 Å². The van der Waals surface area contributed by atoms with Crippen molar-refractivity contribution in [3.63, 3.8) is 0 Å². The van der Waals surface area contributed by atoms with E-state index in [2.05, 4.69) is 5.32 Å². The van der Waals surface area contributed by atoms with E-state index < -0.39 is 0 Å². The van der Waals surface area contributed by atoms with Crippen LogP contribution in [-0.2, 0) is 0 Å². The monoisotopic (exact) mass is 189 g/mol. The highest BCUT2D eigenvalue weighted by Gasteiger charge is 2.25. The Hall–Kier alpha value is -1.31. The Morgan fingerprint density at radius 2 is 2.21 bits per heavy atom. The molecule has 0 amide bonds. The van der Waals surface area contributed by atoms with Gasteiger partial charge in [-0.05, 0) is 25.0 Å². The quantitative estimate of drug-likeness (QED) is 0.741. The molecule has 14 heavy (non-hydrogen) atoms. The second-order valence-electron chi connectivity index (χ2n) is 3.82. The number of nitrogens with one attached hydrogen (secondary N) is 1. The zero-order valence-electron chi connectivity index (χ0n) is 8.42. The third-order valence-electron chi connectivity index (χ3n) is 2.91. The smallest absolute Gasteiger partial charge is 0.166 e. The van der Waals surface area contributed by atoms with Gasteiger partial charge in [0.25, 0.3) is 0 Å². The minimum absolute atomic E-state index is 0.294. The van der Waals surface area contributed by atoms with E-state index >= 15 is 0 Å². The Bertz CT molecular complexity index is 342. The standard InChI is InChI=1S/C12H15NO/c1-13-11-7-3-6-10(8-11)12(14)9-4-2-5-9/h3,6-9,13H,2,4-5H2,1H3. The maximum Gasteiger partial charge on any atom is 0.166 e. The number of Topliss-reactive ketones (excluding diaryl/α,β-unsaturated/α-hetero) is 1. The van der Waals surface area contributed by atoms with Gasteiger partial charge in [0.15, 0.2) is 5.78 Å². The first-order chi connectivity index (χ1) is 6.81. The molecule has 0 radical (unpaired) electrons. The fraction of sp³-hybridized carbons (Fsp3) is 0.417. The number of rotatable bonds is 3. The van der Waals surface area contributed by atoms with Crippen LogP contribution in [0.4, 0.5) is 5.69 Å². The van der Waals surface area contributed by atoms with Crippen molar-refractivity contribution in [2.45, 2.75) is 19.3 Å². The van der Waals surface area contributed by atoms with Crippen LogP contribution < -0.4 is 5.32 Å². The molecular weight excluding hydrogens is 174 g/mol. The molecule has 2 rings (SSSR count). The molecule has 1 aromatic rings. The lowest BCUT2D eigenvalue weighted by atomic mass is 9.80. The summed E-state index contributed by atoms with van der Waals surface area (Å²) in [6.07, 6.45) is 3.35. The molecule has 0 aliphatic heterocycles. The van der Waals surface area contributed by atoms with Crippen LogP contribution >= 0.6 is 0 Å². The molecule has 0 heterocycles. The highest BCUT2D eigenvalue weighted by Crippen LogP contribution is 2.30. The summed E-state index contributed by atoms with van der Waals surface area (Å²) in [5.74, 6) is 0.607. The number of anilines is 1. The highest BCUT2D eigenvalue weighted by atomic mass is 16.1. The van der Waals surface area contributed by atoms with Crippen LogP contribution in [-0.4, -0.2) is 12.8 Å². The Morgan fingerprint density at radius 3 is 2.79 bits per heavy atom. The average molecular weight is 189 g/mol. The first-order valence-corrected chi connectivity index (χ1v) is 5.13. The molecule has 74 valence electrons. The molecule has 1 aliphatic carbocycles. The van der Waals surface area contributed by atoms with E-state index in [9.17, 15) is 4.79 Å². The van der Waals surface area contributed by atoms with Gasteiger partial charge in [-0.1, -0.05) is 18.6 Å².